The number of hydrogen-bond donors (Lipinski definition) is 2. The highest BCUT2D eigenvalue weighted by molar-refractivity contribution is 8.00. The largest absolute Gasteiger partial charge is 0.395 e. The number of anilines is 1. The van der Waals surface area contributed by atoms with Crippen molar-refractivity contribution in [3.8, 4) is 0 Å². The van der Waals surface area contributed by atoms with Gasteiger partial charge in [0.1, 0.15) is 0 Å². The first kappa shape index (κ1) is 16.6. The Morgan fingerprint density at radius 1 is 1.50 bits per heavy atom. The van der Waals surface area contributed by atoms with E-state index in [1.54, 1.807) is 17.8 Å². The van der Waals surface area contributed by atoms with E-state index in [1.807, 2.05) is 24.3 Å². The number of thioether (sulfide) groups is 1. The van der Waals surface area contributed by atoms with Crippen molar-refractivity contribution in [2.45, 2.75) is 24.0 Å². The van der Waals surface area contributed by atoms with Crippen molar-refractivity contribution in [1.29, 1.82) is 0 Å². The number of aliphatic hydroxyl groups is 1. The van der Waals surface area contributed by atoms with Gasteiger partial charge in [-0.2, -0.15) is 0 Å². The molecule has 0 radical (unpaired) electrons. The van der Waals surface area contributed by atoms with Crippen molar-refractivity contribution in [3.63, 3.8) is 0 Å². The summed E-state index contributed by atoms with van der Waals surface area (Å²) >= 11 is 1.70. The Hall–Kier alpha value is -1.46. The van der Waals surface area contributed by atoms with Crippen LogP contribution in [0.5, 0.6) is 0 Å². The second-order valence-electron chi connectivity index (χ2n) is 4.55. The summed E-state index contributed by atoms with van der Waals surface area (Å²) in [5, 5.41) is 12.3. The van der Waals surface area contributed by atoms with E-state index in [1.165, 1.54) is 4.90 Å². The molecule has 5 heteroatoms. The van der Waals surface area contributed by atoms with Crippen LogP contribution in [0.2, 0.25) is 0 Å². The number of nitrogens with zero attached hydrogens (tertiary/aromatic N) is 1. The molecule has 0 heterocycles. The Morgan fingerprint density at radius 3 is 2.80 bits per heavy atom. The lowest BCUT2D eigenvalue weighted by atomic mass is 10.3. The van der Waals surface area contributed by atoms with Crippen LogP contribution in [-0.2, 0) is 0 Å². The number of aliphatic hydroxyl groups excluding tert-OH is 1. The molecule has 0 aliphatic carbocycles. The maximum absolute atomic E-state index is 12.2. The van der Waals surface area contributed by atoms with Crippen LogP contribution in [0.3, 0.4) is 0 Å². The quantitative estimate of drug-likeness (QED) is 0.600. The van der Waals surface area contributed by atoms with E-state index in [4.69, 9.17) is 5.11 Å². The summed E-state index contributed by atoms with van der Waals surface area (Å²) in [7, 11) is 0. The van der Waals surface area contributed by atoms with Gasteiger partial charge in [-0.15, -0.1) is 18.3 Å². The van der Waals surface area contributed by atoms with Crippen LogP contribution in [0.1, 0.15) is 13.8 Å². The van der Waals surface area contributed by atoms with E-state index >= 15 is 0 Å². The topological polar surface area (TPSA) is 52.6 Å². The average molecular weight is 294 g/mol. The minimum Gasteiger partial charge on any atom is -0.395 e. The summed E-state index contributed by atoms with van der Waals surface area (Å²) in [6, 6.07) is 7.49. The highest BCUT2D eigenvalue weighted by atomic mass is 32.2. The third-order valence-electron chi connectivity index (χ3n) is 2.50. The zero-order valence-electron chi connectivity index (χ0n) is 12.0. The monoisotopic (exact) mass is 294 g/mol. The minimum absolute atomic E-state index is 0.0658. The molecule has 0 unspecified atom stereocenters. The van der Waals surface area contributed by atoms with Gasteiger partial charge in [-0.1, -0.05) is 32.1 Å². The summed E-state index contributed by atoms with van der Waals surface area (Å²) in [6.07, 6.45) is 1.64. The second kappa shape index (κ2) is 8.66. The summed E-state index contributed by atoms with van der Waals surface area (Å²) < 4.78 is 0. The fraction of sp³-hybridized carbons (Fsp3) is 0.400. The number of amides is 2. The summed E-state index contributed by atoms with van der Waals surface area (Å²) in [5.74, 6) is 0. The van der Waals surface area contributed by atoms with Gasteiger partial charge in [0.15, 0.2) is 0 Å². The van der Waals surface area contributed by atoms with Crippen molar-refractivity contribution in [2.75, 3.05) is 25.0 Å². The van der Waals surface area contributed by atoms with Crippen LogP contribution in [0, 0.1) is 0 Å². The first-order chi connectivity index (χ1) is 9.58. The van der Waals surface area contributed by atoms with Gasteiger partial charge in [-0.3, -0.25) is 0 Å². The molecule has 1 rings (SSSR count). The van der Waals surface area contributed by atoms with Gasteiger partial charge in [-0.05, 0) is 12.1 Å². The summed E-state index contributed by atoms with van der Waals surface area (Å²) in [5.41, 5.74) is 0.795. The molecule has 1 aromatic rings. The lowest BCUT2D eigenvalue weighted by Gasteiger charge is -2.21. The molecule has 0 saturated carbocycles. The Bertz CT molecular complexity index is 449. The molecule has 2 amide bonds. The van der Waals surface area contributed by atoms with Crippen molar-refractivity contribution in [2.24, 2.45) is 0 Å². The lowest BCUT2D eigenvalue weighted by Crippen LogP contribution is -2.37. The summed E-state index contributed by atoms with van der Waals surface area (Å²) in [4.78, 5) is 14.7. The molecular formula is C15H22N2O2S. The first-order valence-corrected chi connectivity index (χ1v) is 7.49. The molecule has 0 bridgehead atoms. The van der Waals surface area contributed by atoms with E-state index in [2.05, 4.69) is 25.7 Å². The molecule has 1 aromatic carbocycles. The van der Waals surface area contributed by atoms with Crippen molar-refractivity contribution in [3.05, 3.63) is 36.9 Å². The first-order valence-electron chi connectivity index (χ1n) is 6.61. The van der Waals surface area contributed by atoms with Crippen LogP contribution >= 0.6 is 11.8 Å². The number of benzene rings is 1. The molecule has 4 nitrogen and oxygen atoms in total. The SMILES string of the molecule is C=CCN(CCO)C(=O)Nc1ccccc1SC(C)C. The molecular weight excluding hydrogens is 272 g/mol. The van der Waals surface area contributed by atoms with Gasteiger partial charge in [0.2, 0.25) is 0 Å². The third-order valence-corrected chi connectivity index (χ3v) is 3.58. The van der Waals surface area contributed by atoms with E-state index in [0.717, 1.165) is 10.6 Å². The highest BCUT2D eigenvalue weighted by Crippen LogP contribution is 2.30. The number of rotatable bonds is 7. The minimum atomic E-state index is -0.226. The summed E-state index contributed by atoms with van der Waals surface area (Å²) in [6.45, 7) is 8.47. The lowest BCUT2D eigenvalue weighted by molar-refractivity contribution is 0.195. The van der Waals surface area contributed by atoms with Crippen LogP contribution in [0.4, 0.5) is 10.5 Å². The zero-order chi connectivity index (χ0) is 15.0. The Morgan fingerprint density at radius 2 is 2.20 bits per heavy atom. The maximum Gasteiger partial charge on any atom is 0.322 e. The van der Waals surface area contributed by atoms with E-state index in [-0.39, 0.29) is 19.2 Å². The van der Waals surface area contributed by atoms with Gasteiger partial charge >= 0.3 is 6.03 Å². The number of carbonyl (C=O) groups is 1. The molecule has 110 valence electrons. The molecule has 0 atom stereocenters. The van der Waals surface area contributed by atoms with E-state index in [9.17, 15) is 4.79 Å². The van der Waals surface area contributed by atoms with Crippen molar-refractivity contribution < 1.29 is 9.90 Å². The number of urea groups is 1. The predicted octanol–water partition coefficient (Wildman–Crippen LogP) is 3.20. The van der Waals surface area contributed by atoms with Gasteiger partial charge in [-0.25, -0.2) is 4.79 Å². The van der Waals surface area contributed by atoms with Gasteiger partial charge in [0.25, 0.3) is 0 Å². The van der Waals surface area contributed by atoms with E-state index in [0.29, 0.717) is 11.8 Å². The smallest absolute Gasteiger partial charge is 0.322 e. The fourth-order valence-electron chi connectivity index (χ4n) is 1.67. The molecule has 0 aliphatic rings. The van der Waals surface area contributed by atoms with Crippen LogP contribution in [0.25, 0.3) is 0 Å². The number of nitrogens with one attached hydrogen (secondary N) is 1. The van der Waals surface area contributed by atoms with Gasteiger partial charge in [0.05, 0.1) is 12.3 Å². The van der Waals surface area contributed by atoms with Gasteiger partial charge in [0, 0.05) is 23.2 Å². The molecule has 0 aliphatic heterocycles. The van der Waals surface area contributed by atoms with Crippen LogP contribution in [-0.4, -0.2) is 41.0 Å². The highest BCUT2D eigenvalue weighted by Gasteiger charge is 2.13. The predicted molar refractivity (Wildman–Crippen MR) is 85.3 cm³/mol. The van der Waals surface area contributed by atoms with Crippen molar-refractivity contribution in [1.82, 2.24) is 4.90 Å². The second-order valence-corrected chi connectivity index (χ2v) is 6.17. The van der Waals surface area contributed by atoms with Gasteiger partial charge < -0.3 is 15.3 Å². The Balaban J connectivity index is 2.80. The molecule has 20 heavy (non-hydrogen) atoms. The Labute approximate surface area is 124 Å². The molecule has 0 saturated heterocycles. The third kappa shape index (κ3) is 5.27. The number of hydrogen-bond acceptors (Lipinski definition) is 3. The molecule has 0 aromatic heterocycles. The van der Waals surface area contributed by atoms with Crippen LogP contribution < -0.4 is 5.32 Å². The average Bonchev–Trinajstić information content (AvgIpc) is 2.40. The normalized spacial score (nSPS) is 10.4. The van der Waals surface area contributed by atoms with E-state index < -0.39 is 0 Å². The number of para-hydroxylation sites is 1. The number of carbonyl (C=O) groups excluding carboxylic acids is 1. The molecule has 0 spiro atoms. The van der Waals surface area contributed by atoms with Crippen LogP contribution in [0.15, 0.2) is 41.8 Å². The standard InChI is InChI=1S/C15H22N2O2S/c1-4-9-17(10-11-18)15(19)16-13-7-5-6-8-14(13)20-12(2)3/h4-8,12,18H,1,9-11H2,2-3H3,(H,16,19). The maximum atomic E-state index is 12.2. The molecule has 0 fully saturated rings. The van der Waals surface area contributed by atoms with Crippen molar-refractivity contribution >= 4 is 23.5 Å². The molecule has 2 N–H and O–H groups in total. The fourth-order valence-corrected chi connectivity index (χ4v) is 2.58. The Kier molecular flexibility index (Phi) is 7.18. The zero-order valence-corrected chi connectivity index (χ0v) is 12.8.